The first-order chi connectivity index (χ1) is 4.46. The molecule has 0 aromatic rings. The molecule has 0 aromatic heterocycles. The minimum absolute atomic E-state index is 0.222. The maximum Gasteiger partial charge on any atom is 0.306 e. The lowest BCUT2D eigenvalue weighted by Gasteiger charge is -2.19. The number of aliphatic carboxylic acids is 1. The molecule has 2 unspecified atom stereocenters. The molecule has 2 nitrogen and oxygen atoms in total. The van der Waals surface area contributed by atoms with Gasteiger partial charge in [0.15, 0.2) is 0 Å². The number of carboxylic acid groups (broad SMARTS) is 1. The van der Waals surface area contributed by atoms with Gasteiger partial charge in [-0.3, -0.25) is 4.79 Å². The smallest absolute Gasteiger partial charge is 0.306 e. The molecule has 0 aliphatic heterocycles. The zero-order chi connectivity index (χ0) is 8.31. The zero-order valence-corrected chi connectivity index (χ0v) is 7.09. The molecule has 2 heteroatoms. The molecule has 0 spiro atoms. The Balaban J connectivity index is 3.94. The molecule has 1 N–H and O–H groups in total. The lowest BCUT2D eigenvalue weighted by atomic mass is 9.86. The van der Waals surface area contributed by atoms with Gasteiger partial charge in [0.05, 0.1) is 5.92 Å². The highest BCUT2D eigenvalue weighted by Gasteiger charge is 2.21. The van der Waals surface area contributed by atoms with Crippen molar-refractivity contribution in [3.05, 3.63) is 0 Å². The monoisotopic (exact) mass is 144 g/mol. The highest BCUT2D eigenvalue weighted by molar-refractivity contribution is 5.69. The lowest BCUT2D eigenvalue weighted by Crippen LogP contribution is -2.21. The van der Waals surface area contributed by atoms with Crippen LogP contribution in [0, 0.1) is 17.8 Å². The number of carboxylic acids is 1. The summed E-state index contributed by atoms with van der Waals surface area (Å²) in [4.78, 5) is 10.4. The molecular formula is C8H16O2. The van der Waals surface area contributed by atoms with Crippen LogP contribution in [0.4, 0.5) is 0 Å². The molecule has 0 rings (SSSR count). The number of rotatable bonds is 3. The molecule has 0 amide bonds. The average Bonchev–Trinajstić information content (AvgIpc) is 1.84. The Hall–Kier alpha value is -0.530. The summed E-state index contributed by atoms with van der Waals surface area (Å²) in [5.41, 5.74) is 0. The summed E-state index contributed by atoms with van der Waals surface area (Å²) in [6, 6.07) is 0. The van der Waals surface area contributed by atoms with Gasteiger partial charge in [-0.1, -0.05) is 27.7 Å². The standard InChI is InChI=1S/C8H16O2/c1-5(2)6(3)7(4)8(9)10/h5-7H,1-4H3,(H,9,10). The van der Waals surface area contributed by atoms with E-state index >= 15 is 0 Å². The van der Waals surface area contributed by atoms with E-state index in [2.05, 4.69) is 0 Å². The number of hydrogen-bond acceptors (Lipinski definition) is 1. The van der Waals surface area contributed by atoms with Crippen LogP contribution in [0.25, 0.3) is 0 Å². The third-order valence-corrected chi connectivity index (χ3v) is 2.23. The number of carbonyl (C=O) groups is 1. The molecule has 0 aliphatic carbocycles. The highest BCUT2D eigenvalue weighted by Crippen LogP contribution is 2.19. The van der Waals surface area contributed by atoms with E-state index in [-0.39, 0.29) is 11.8 Å². The van der Waals surface area contributed by atoms with Crippen molar-refractivity contribution in [2.45, 2.75) is 27.7 Å². The summed E-state index contributed by atoms with van der Waals surface area (Å²) in [5.74, 6) is -0.204. The van der Waals surface area contributed by atoms with E-state index in [1.54, 1.807) is 6.92 Å². The van der Waals surface area contributed by atoms with Crippen LogP contribution in [0.2, 0.25) is 0 Å². The summed E-state index contributed by atoms with van der Waals surface area (Å²) < 4.78 is 0. The van der Waals surface area contributed by atoms with Crippen molar-refractivity contribution in [2.24, 2.45) is 17.8 Å². The van der Waals surface area contributed by atoms with Gasteiger partial charge in [-0.05, 0) is 11.8 Å². The fourth-order valence-electron chi connectivity index (χ4n) is 0.802. The van der Waals surface area contributed by atoms with Crippen molar-refractivity contribution in [1.82, 2.24) is 0 Å². The lowest BCUT2D eigenvalue weighted by molar-refractivity contribution is -0.143. The van der Waals surface area contributed by atoms with Crippen LogP contribution in [0.1, 0.15) is 27.7 Å². The molecule has 2 atom stereocenters. The predicted molar refractivity (Wildman–Crippen MR) is 40.8 cm³/mol. The summed E-state index contributed by atoms with van der Waals surface area (Å²) >= 11 is 0. The fourth-order valence-corrected chi connectivity index (χ4v) is 0.802. The van der Waals surface area contributed by atoms with Crippen LogP contribution in [0.5, 0.6) is 0 Å². The normalized spacial score (nSPS) is 16.9. The molecule has 0 aromatic carbocycles. The van der Waals surface area contributed by atoms with Crippen molar-refractivity contribution in [1.29, 1.82) is 0 Å². The summed E-state index contributed by atoms with van der Waals surface area (Å²) in [7, 11) is 0. The van der Waals surface area contributed by atoms with Gasteiger partial charge in [0.1, 0.15) is 0 Å². The Morgan fingerprint density at radius 1 is 1.20 bits per heavy atom. The first-order valence-corrected chi connectivity index (χ1v) is 3.69. The van der Waals surface area contributed by atoms with Gasteiger partial charge in [0.25, 0.3) is 0 Å². The predicted octanol–water partition coefficient (Wildman–Crippen LogP) is 2.00. The maximum absolute atomic E-state index is 10.4. The average molecular weight is 144 g/mol. The Labute approximate surface area is 62.2 Å². The first-order valence-electron chi connectivity index (χ1n) is 3.69. The molecule has 0 radical (unpaired) electrons. The Bertz CT molecular complexity index is 118. The molecular weight excluding hydrogens is 128 g/mol. The van der Waals surface area contributed by atoms with Gasteiger partial charge < -0.3 is 5.11 Å². The van der Waals surface area contributed by atoms with Crippen molar-refractivity contribution in [3.63, 3.8) is 0 Å². The SMILES string of the molecule is CC(C)C(C)C(C)C(=O)O. The van der Waals surface area contributed by atoms with Gasteiger partial charge >= 0.3 is 5.97 Å². The van der Waals surface area contributed by atoms with E-state index in [4.69, 9.17) is 5.11 Å². The van der Waals surface area contributed by atoms with Crippen LogP contribution in [0.15, 0.2) is 0 Å². The summed E-state index contributed by atoms with van der Waals surface area (Å²) in [5, 5.41) is 8.60. The molecule has 0 fully saturated rings. The Morgan fingerprint density at radius 3 is 1.70 bits per heavy atom. The third-order valence-electron chi connectivity index (χ3n) is 2.23. The van der Waals surface area contributed by atoms with E-state index < -0.39 is 5.97 Å². The number of hydrogen-bond donors (Lipinski definition) is 1. The van der Waals surface area contributed by atoms with Crippen LogP contribution >= 0.6 is 0 Å². The van der Waals surface area contributed by atoms with Gasteiger partial charge in [-0.25, -0.2) is 0 Å². The van der Waals surface area contributed by atoms with Crippen molar-refractivity contribution >= 4 is 5.97 Å². The van der Waals surface area contributed by atoms with Gasteiger partial charge in [-0.2, -0.15) is 0 Å². The Morgan fingerprint density at radius 2 is 1.60 bits per heavy atom. The highest BCUT2D eigenvalue weighted by atomic mass is 16.4. The molecule has 0 heterocycles. The second-order valence-electron chi connectivity index (χ2n) is 3.23. The summed E-state index contributed by atoms with van der Waals surface area (Å²) in [6.07, 6.45) is 0. The van der Waals surface area contributed by atoms with Crippen molar-refractivity contribution < 1.29 is 9.90 Å². The molecule has 0 bridgehead atoms. The van der Waals surface area contributed by atoms with Gasteiger partial charge in [0, 0.05) is 0 Å². The molecule has 10 heavy (non-hydrogen) atoms. The van der Waals surface area contributed by atoms with E-state index in [1.165, 1.54) is 0 Å². The minimum Gasteiger partial charge on any atom is -0.481 e. The topological polar surface area (TPSA) is 37.3 Å². The third kappa shape index (κ3) is 2.38. The molecule has 0 aliphatic rings. The zero-order valence-electron chi connectivity index (χ0n) is 7.09. The maximum atomic E-state index is 10.4. The van der Waals surface area contributed by atoms with Crippen molar-refractivity contribution in [3.8, 4) is 0 Å². The Kier molecular flexibility index (Phi) is 3.40. The van der Waals surface area contributed by atoms with Gasteiger partial charge in [-0.15, -0.1) is 0 Å². The summed E-state index contributed by atoms with van der Waals surface area (Å²) in [6.45, 7) is 7.82. The van der Waals surface area contributed by atoms with Gasteiger partial charge in [0.2, 0.25) is 0 Å². The minimum atomic E-state index is -0.693. The van der Waals surface area contributed by atoms with E-state index in [1.807, 2.05) is 20.8 Å². The van der Waals surface area contributed by atoms with Crippen LogP contribution < -0.4 is 0 Å². The second-order valence-corrected chi connectivity index (χ2v) is 3.23. The van der Waals surface area contributed by atoms with E-state index in [0.717, 1.165) is 0 Å². The molecule has 0 saturated carbocycles. The van der Waals surface area contributed by atoms with E-state index in [0.29, 0.717) is 5.92 Å². The van der Waals surface area contributed by atoms with E-state index in [9.17, 15) is 4.79 Å². The molecule has 0 saturated heterocycles. The van der Waals surface area contributed by atoms with Crippen LogP contribution in [0.3, 0.4) is 0 Å². The first kappa shape index (κ1) is 9.47. The quantitative estimate of drug-likeness (QED) is 0.657. The van der Waals surface area contributed by atoms with Crippen LogP contribution in [-0.2, 0) is 4.79 Å². The van der Waals surface area contributed by atoms with Crippen LogP contribution in [-0.4, -0.2) is 11.1 Å². The van der Waals surface area contributed by atoms with Crippen molar-refractivity contribution in [2.75, 3.05) is 0 Å². The second kappa shape index (κ2) is 3.59. The fraction of sp³-hybridized carbons (Fsp3) is 0.875. The molecule has 60 valence electrons. The largest absolute Gasteiger partial charge is 0.481 e.